The van der Waals surface area contributed by atoms with E-state index in [0.29, 0.717) is 6.10 Å². The normalized spacial score (nSPS) is 13.4. The highest BCUT2D eigenvalue weighted by atomic mass is 28.3. The first-order chi connectivity index (χ1) is 9.43. The van der Waals surface area contributed by atoms with Crippen molar-refractivity contribution < 1.29 is 4.74 Å². The molecule has 1 atom stereocenters. The van der Waals surface area contributed by atoms with Gasteiger partial charge < -0.3 is 4.74 Å². The second-order valence-electron chi connectivity index (χ2n) is 6.92. The molecule has 0 saturated carbocycles. The summed E-state index contributed by atoms with van der Waals surface area (Å²) in [6, 6.07) is 9.04. The molecule has 0 aromatic heterocycles. The summed E-state index contributed by atoms with van der Waals surface area (Å²) in [5.74, 6) is 0. The summed E-state index contributed by atoms with van der Waals surface area (Å²) in [5, 5.41) is 1.52. The van der Waals surface area contributed by atoms with Gasteiger partial charge in [0.05, 0.1) is 20.8 Å². The molecule has 0 radical (unpaired) electrons. The highest BCUT2D eigenvalue weighted by molar-refractivity contribution is 6.88. The van der Waals surface area contributed by atoms with E-state index in [-0.39, 0.29) is 0 Å². The number of hydrogen-bond acceptors (Lipinski definition) is 1. The van der Waals surface area contributed by atoms with Gasteiger partial charge in [-0.05, 0) is 18.9 Å². The van der Waals surface area contributed by atoms with Gasteiger partial charge in [-0.15, -0.1) is 0 Å². The SMILES string of the molecule is CCCCCCC(C)OCc1ccc([Si](C)(C)C)cc1. The fraction of sp³-hybridized carbons (Fsp3) is 0.667. The lowest BCUT2D eigenvalue weighted by atomic mass is 10.1. The minimum Gasteiger partial charge on any atom is -0.374 e. The standard InChI is InChI=1S/C18H32OSi/c1-6-7-8-9-10-16(2)19-15-17-11-13-18(14-12-17)20(3,4)5/h11-14,16H,6-10,15H2,1-5H3. The molecule has 20 heavy (non-hydrogen) atoms. The molecule has 0 aliphatic heterocycles. The van der Waals surface area contributed by atoms with Crippen LogP contribution in [0.15, 0.2) is 24.3 Å². The fourth-order valence-electron chi connectivity index (χ4n) is 2.28. The van der Waals surface area contributed by atoms with E-state index in [1.165, 1.54) is 42.9 Å². The minimum absolute atomic E-state index is 0.378. The maximum Gasteiger partial charge on any atom is 0.0775 e. The summed E-state index contributed by atoms with van der Waals surface area (Å²) in [6.07, 6.45) is 6.86. The molecular weight excluding hydrogens is 260 g/mol. The van der Waals surface area contributed by atoms with Crippen molar-refractivity contribution in [2.24, 2.45) is 0 Å². The Balaban J connectivity index is 2.31. The van der Waals surface area contributed by atoms with E-state index in [4.69, 9.17) is 4.74 Å². The third-order valence-corrected chi connectivity index (χ3v) is 5.88. The monoisotopic (exact) mass is 292 g/mol. The smallest absolute Gasteiger partial charge is 0.0775 e. The van der Waals surface area contributed by atoms with Crippen molar-refractivity contribution in [2.75, 3.05) is 0 Å². The van der Waals surface area contributed by atoms with Crippen LogP contribution in [0.25, 0.3) is 0 Å². The predicted molar refractivity (Wildman–Crippen MR) is 92.4 cm³/mol. The van der Waals surface area contributed by atoms with Crippen LogP contribution in [-0.2, 0) is 11.3 Å². The minimum atomic E-state index is -1.17. The molecule has 0 bridgehead atoms. The molecule has 1 nitrogen and oxygen atoms in total. The second-order valence-corrected chi connectivity index (χ2v) is 12.0. The number of hydrogen-bond donors (Lipinski definition) is 0. The highest BCUT2D eigenvalue weighted by Crippen LogP contribution is 2.11. The van der Waals surface area contributed by atoms with E-state index in [1.54, 1.807) is 0 Å². The van der Waals surface area contributed by atoms with Crippen LogP contribution in [0.3, 0.4) is 0 Å². The van der Waals surface area contributed by atoms with Crippen LogP contribution in [0.5, 0.6) is 0 Å². The molecule has 114 valence electrons. The third kappa shape index (κ3) is 6.71. The van der Waals surface area contributed by atoms with Crippen molar-refractivity contribution in [3.05, 3.63) is 29.8 Å². The number of unbranched alkanes of at least 4 members (excludes halogenated alkanes) is 3. The van der Waals surface area contributed by atoms with Crippen LogP contribution in [0, 0.1) is 0 Å². The average Bonchev–Trinajstić information content (AvgIpc) is 2.41. The molecule has 0 aliphatic rings. The third-order valence-electron chi connectivity index (χ3n) is 3.82. The topological polar surface area (TPSA) is 9.23 Å². The molecule has 0 aliphatic carbocycles. The molecule has 1 aromatic carbocycles. The van der Waals surface area contributed by atoms with E-state index >= 15 is 0 Å². The summed E-state index contributed by atoms with van der Waals surface area (Å²) in [7, 11) is -1.17. The molecule has 0 saturated heterocycles. The Kier molecular flexibility index (Phi) is 7.53. The summed E-state index contributed by atoms with van der Waals surface area (Å²) in [6.45, 7) is 12.4. The Bertz CT molecular complexity index is 364. The molecule has 2 heteroatoms. The van der Waals surface area contributed by atoms with Crippen molar-refractivity contribution in [2.45, 2.75) is 78.3 Å². The first-order valence-corrected chi connectivity index (χ1v) is 11.6. The first-order valence-electron chi connectivity index (χ1n) is 8.14. The quantitative estimate of drug-likeness (QED) is 0.454. The van der Waals surface area contributed by atoms with Gasteiger partial charge in [-0.3, -0.25) is 0 Å². The van der Waals surface area contributed by atoms with Crippen LogP contribution in [0.2, 0.25) is 19.6 Å². The van der Waals surface area contributed by atoms with Crippen LogP contribution >= 0.6 is 0 Å². The fourth-order valence-corrected chi connectivity index (χ4v) is 3.45. The summed E-state index contributed by atoms with van der Waals surface area (Å²) >= 11 is 0. The Hall–Kier alpha value is -0.603. The van der Waals surface area contributed by atoms with Crippen molar-refractivity contribution in [1.29, 1.82) is 0 Å². The van der Waals surface area contributed by atoms with E-state index < -0.39 is 8.07 Å². The van der Waals surface area contributed by atoms with Crippen molar-refractivity contribution in [1.82, 2.24) is 0 Å². The second kappa shape index (κ2) is 8.63. The van der Waals surface area contributed by atoms with Crippen molar-refractivity contribution in [3.8, 4) is 0 Å². The molecule has 1 unspecified atom stereocenters. The van der Waals surface area contributed by atoms with Crippen molar-refractivity contribution in [3.63, 3.8) is 0 Å². The lowest BCUT2D eigenvalue weighted by Gasteiger charge is -2.17. The zero-order chi connectivity index (χ0) is 15.0. The first kappa shape index (κ1) is 17.4. The van der Waals surface area contributed by atoms with Crippen molar-refractivity contribution >= 4 is 13.3 Å². The van der Waals surface area contributed by atoms with E-state index in [1.807, 2.05) is 0 Å². The van der Waals surface area contributed by atoms with Gasteiger partial charge in [-0.1, -0.05) is 81.7 Å². The number of rotatable bonds is 9. The Labute approximate surface area is 126 Å². The molecule has 1 rings (SSSR count). The highest BCUT2D eigenvalue weighted by Gasteiger charge is 2.15. The Morgan fingerprint density at radius 2 is 1.65 bits per heavy atom. The van der Waals surface area contributed by atoms with E-state index in [9.17, 15) is 0 Å². The van der Waals surface area contributed by atoms with Gasteiger partial charge in [-0.25, -0.2) is 0 Å². The molecule has 0 N–H and O–H groups in total. The Morgan fingerprint density at radius 1 is 1.00 bits per heavy atom. The van der Waals surface area contributed by atoms with Gasteiger partial charge in [0, 0.05) is 0 Å². The molecule has 1 aromatic rings. The predicted octanol–water partition coefficient (Wildman–Crippen LogP) is 5.11. The van der Waals surface area contributed by atoms with Crippen LogP contribution < -0.4 is 5.19 Å². The molecule has 0 heterocycles. The molecule has 0 amide bonds. The lowest BCUT2D eigenvalue weighted by molar-refractivity contribution is 0.0459. The maximum atomic E-state index is 5.95. The number of benzene rings is 1. The van der Waals surface area contributed by atoms with Gasteiger partial charge >= 0.3 is 0 Å². The average molecular weight is 293 g/mol. The van der Waals surface area contributed by atoms with Crippen LogP contribution in [0.1, 0.15) is 51.5 Å². The van der Waals surface area contributed by atoms with Gasteiger partial charge in [-0.2, -0.15) is 0 Å². The molecule has 0 fully saturated rings. The van der Waals surface area contributed by atoms with Crippen LogP contribution in [0.4, 0.5) is 0 Å². The van der Waals surface area contributed by atoms with Gasteiger partial charge in [0.1, 0.15) is 0 Å². The maximum absolute atomic E-state index is 5.95. The Morgan fingerprint density at radius 3 is 2.20 bits per heavy atom. The summed E-state index contributed by atoms with van der Waals surface area (Å²) in [5.41, 5.74) is 1.30. The molecule has 0 spiro atoms. The summed E-state index contributed by atoms with van der Waals surface area (Å²) in [4.78, 5) is 0. The summed E-state index contributed by atoms with van der Waals surface area (Å²) < 4.78 is 5.95. The number of ether oxygens (including phenoxy) is 1. The van der Waals surface area contributed by atoms with E-state index in [0.717, 1.165) is 6.61 Å². The zero-order valence-electron chi connectivity index (χ0n) is 14.0. The largest absolute Gasteiger partial charge is 0.374 e. The zero-order valence-corrected chi connectivity index (χ0v) is 15.0. The molecular formula is C18H32OSi. The van der Waals surface area contributed by atoms with Crippen LogP contribution in [-0.4, -0.2) is 14.2 Å². The van der Waals surface area contributed by atoms with Gasteiger partial charge in [0.2, 0.25) is 0 Å². The van der Waals surface area contributed by atoms with E-state index in [2.05, 4.69) is 57.8 Å². The van der Waals surface area contributed by atoms with Gasteiger partial charge in [0.25, 0.3) is 0 Å². The lowest BCUT2D eigenvalue weighted by Crippen LogP contribution is -2.37. The van der Waals surface area contributed by atoms with Gasteiger partial charge in [0.15, 0.2) is 0 Å².